The van der Waals surface area contributed by atoms with Gasteiger partial charge in [-0.05, 0) is 6.42 Å². The molecule has 0 amide bonds. The zero-order chi connectivity index (χ0) is 11.0. The van der Waals surface area contributed by atoms with Crippen LogP contribution < -0.4 is 0 Å². The van der Waals surface area contributed by atoms with E-state index in [1.807, 2.05) is 0 Å². The second-order valence-electron chi connectivity index (χ2n) is 3.76. The maximum absolute atomic E-state index is 9.04. The van der Waals surface area contributed by atoms with Crippen molar-refractivity contribution in [3.05, 3.63) is 0 Å². The smallest absolute Gasteiger partial charge is 0.302 e. The Morgan fingerprint density at radius 2 is 1.43 bits per heavy atom. The summed E-state index contributed by atoms with van der Waals surface area (Å²) >= 11 is 0. The highest BCUT2D eigenvalue weighted by Crippen LogP contribution is 2.12. The zero-order valence-electron chi connectivity index (χ0n) is 8.82. The van der Waals surface area contributed by atoms with Crippen molar-refractivity contribution >= 4 is 0 Å². The molecule has 0 aliphatic carbocycles. The van der Waals surface area contributed by atoms with Gasteiger partial charge in [-0.2, -0.15) is 0 Å². The van der Waals surface area contributed by atoms with E-state index in [0.717, 1.165) is 12.8 Å². The molecule has 0 saturated heterocycles. The summed E-state index contributed by atoms with van der Waals surface area (Å²) in [6.45, 7) is 2.14. The molecule has 14 heavy (non-hydrogen) atoms. The fraction of sp³-hybridized carbons (Fsp3) is 1.00. The average Bonchev–Trinajstić information content (AvgIpc) is 2.09. The second-order valence-corrected chi connectivity index (χ2v) is 3.76. The van der Waals surface area contributed by atoms with Crippen molar-refractivity contribution in [1.29, 1.82) is 0 Å². The highest BCUT2D eigenvalue weighted by molar-refractivity contribution is 4.62. The molecule has 4 nitrogen and oxygen atoms in total. The van der Waals surface area contributed by atoms with Crippen molar-refractivity contribution in [2.45, 2.75) is 63.9 Å². The van der Waals surface area contributed by atoms with Crippen LogP contribution in [0.3, 0.4) is 0 Å². The van der Waals surface area contributed by atoms with Gasteiger partial charge in [0.1, 0.15) is 6.10 Å². The fourth-order valence-electron chi connectivity index (χ4n) is 1.31. The molecule has 0 aromatic carbocycles. The van der Waals surface area contributed by atoms with E-state index in [-0.39, 0.29) is 6.42 Å². The molecule has 0 fully saturated rings. The van der Waals surface area contributed by atoms with Gasteiger partial charge in [0, 0.05) is 0 Å². The summed E-state index contributed by atoms with van der Waals surface area (Å²) in [7, 11) is 0. The van der Waals surface area contributed by atoms with Crippen LogP contribution in [0.15, 0.2) is 0 Å². The van der Waals surface area contributed by atoms with Crippen molar-refractivity contribution in [2.24, 2.45) is 0 Å². The van der Waals surface area contributed by atoms with E-state index in [2.05, 4.69) is 6.92 Å². The molecule has 4 N–H and O–H groups in total. The van der Waals surface area contributed by atoms with E-state index in [0.29, 0.717) is 6.42 Å². The summed E-state index contributed by atoms with van der Waals surface area (Å²) in [5.41, 5.74) is 0. The normalized spacial score (nSPS) is 14.4. The highest BCUT2D eigenvalue weighted by atomic mass is 16.7. The molecule has 0 aliphatic heterocycles. The highest BCUT2D eigenvalue weighted by Gasteiger charge is 2.29. The van der Waals surface area contributed by atoms with E-state index in [4.69, 9.17) is 20.4 Å². The van der Waals surface area contributed by atoms with E-state index in [9.17, 15) is 0 Å². The molecule has 0 aromatic heterocycles. The largest absolute Gasteiger partial charge is 0.385 e. The van der Waals surface area contributed by atoms with Crippen molar-refractivity contribution in [3.8, 4) is 0 Å². The van der Waals surface area contributed by atoms with Crippen molar-refractivity contribution < 1.29 is 20.4 Å². The minimum absolute atomic E-state index is 0.218. The Kier molecular flexibility index (Phi) is 7.09. The lowest BCUT2D eigenvalue weighted by atomic mass is 10.1. The van der Waals surface area contributed by atoms with Crippen LogP contribution in [0.1, 0.15) is 51.9 Å². The monoisotopic (exact) mass is 206 g/mol. The van der Waals surface area contributed by atoms with Crippen molar-refractivity contribution in [2.75, 3.05) is 0 Å². The van der Waals surface area contributed by atoms with Gasteiger partial charge in [-0.15, -0.1) is 0 Å². The molecule has 0 spiro atoms. The molecule has 1 unspecified atom stereocenters. The zero-order valence-corrected chi connectivity index (χ0v) is 8.82. The van der Waals surface area contributed by atoms with Crippen LogP contribution in [-0.2, 0) is 0 Å². The van der Waals surface area contributed by atoms with Crippen LogP contribution in [0.2, 0.25) is 0 Å². The van der Waals surface area contributed by atoms with Crippen LogP contribution >= 0.6 is 0 Å². The molecule has 0 bridgehead atoms. The van der Waals surface area contributed by atoms with E-state index < -0.39 is 12.1 Å². The fourth-order valence-corrected chi connectivity index (χ4v) is 1.31. The lowest BCUT2D eigenvalue weighted by Crippen LogP contribution is -2.41. The molecule has 0 radical (unpaired) electrons. The first-order valence-corrected chi connectivity index (χ1v) is 5.33. The topological polar surface area (TPSA) is 80.9 Å². The number of aliphatic hydroxyl groups is 4. The molecule has 0 aromatic rings. The van der Waals surface area contributed by atoms with E-state index >= 15 is 0 Å². The molecule has 86 valence electrons. The SMILES string of the molecule is CCCCCCCCC(O)C(O)(O)O. The maximum atomic E-state index is 9.04. The first-order chi connectivity index (χ1) is 6.48. The quantitative estimate of drug-likeness (QED) is 0.348. The van der Waals surface area contributed by atoms with Crippen molar-refractivity contribution in [3.63, 3.8) is 0 Å². The van der Waals surface area contributed by atoms with Gasteiger partial charge in [-0.3, -0.25) is 0 Å². The van der Waals surface area contributed by atoms with Crippen LogP contribution in [0.4, 0.5) is 0 Å². The third kappa shape index (κ3) is 7.26. The molecule has 1 atom stereocenters. The summed E-state index contributed by atoms with van der Waals surface area (Å²) in [5.74, 6) is -2.94. The third-order valence-corrected chi connectivity index (χ3v) is 2.28. The van der Waals surface area contributed by atoms with Gasteiger partial charge in [-0.1, -0.05) is 45.4 Å². The third-order valence-electron chi connectivity index (χ3n) is 2.28. The molecular formula is C10H22O4. The number of aliphatic hydroxyl groups excluding tert-OH is 1. The summed E-state index contributed by atoms with van der Waals surface area (Å²) < 4.78 is 0. The summed E-state index contributed by atoms with van der Waals surface area (Å²) in [4.78, 5) is 0. The van der Waals surface area contributed by atoms with Crippen LogP contribution in [-0.4, -0.2) is 32.5 Å². The van der Waals surface area contributed by atoms with Gasteiger partial charge in [0.05, 0.1) is 0 Å². The lowest BCUT2D eigenvalue weighted by Gasteiger charge is -2.20. The first-order valence-electron chi connectivity index (χ1n) is 5.33. The number of rotatable bonds is 8. The predicted molar refractivity (Wildman–Crippen MR) is 53.4 cm³/mol. The Hall–Kier alpha value is -0.160. The number of unbranched alkanes of at least 4 members (excludes halogenated alkanes) is 5. The average molecular weight is 206 g/mol. The van der Waals surface area contributed by atoms with Gasteiger partial charge in [0.15, 0.2) is 0 Å². The molecule has 0 rings (SSSR count). The second kappa shape index (κ2) is 7.17. The van der Waals surface area contributed by atoms with Crippen LogP contribution in [0.5, 0.6) is 0 Å². The Morgan fingerprint density at radius 1 is 0.929 bits per heavy atom. The molecule has 0 saturated carbocycles. The Bertz CT molecular complexity index is 131. The summed E-state index contributed by atoms with van der Waals surface area (Å²) in [6.07, 6.45) is 5.08. The van der Waals surface area contributed by atoms with Gasteiger partial charge in [-0.25, -0.2) is 0 Å². The Balaban J connectivity index is 3.28. The van der Waals surface area contributed by atoms with E-state index in [1.54, 1.807) is 0 Å². The van der Waals surface area contributed by atoms with E-state index in [1.165, 1.54) is 19.3 Å². The van der Waals surface area contributed by atoms with Gasteiger partial charge >= 0.3 is 5.97 Å². The summed E-state index contributed by atoms with van der Waals surface area (Å²) in [5, 5.41) is 34.8. The minimum atomic E-state index is -2.94. The first kappa shape index (κ1) is 13.8. The van der Waals surface area contributed by atoms with Gasteiger partial charge < -0.3 is 20.4 Å². The molecular weight excluding hydrogens is 184 g/mol. The van der Waals surface area contributed by atoms with Crippen molar-refractivity contribution in [1.82, 2.24) is 0 Å². The molecule has 4 heteroatoms. The Morgan fingerprint density at radius 3 is 1.93 bits per heavy atom. The summed E-state index contributed by atoms with van der Waals surface area (Å²) in [6, 6.07) is 0. The van der Waals surface area contributed by atoms with Gasteiger partial charge in [0.25, 0.3) is 0 Å². The number of hydrogen-bond acceptors (Lipinski definition) is 4. The molecule has 0 aliphatic rings. The maximum Gasteiger partial charge on any atom is 0.302 e. The van der Waals surface area contributed by atoms with Crippen LogP contribution in [0, 0.1) is 0 Å². The molecule has 0 heterocycles. The lowest BCUT2D eigenvalue weighted by molar-refractivity contribution is -0.355. The predicted octanol–water partition coefficient (Wildman–Crippen LogP) is 0.729. The standard InChI is InChI=1S/C10H22O4/c1-2-3-4-5-6-7-8-9(11)10(12,13)14/h9,11-14H,2-8H2,1H3. The van der Waals surface area contributed by atoms with Crippen LogP contribution in [0.25, 0.3) is 0 Å². The Labute approximate surface area is 85.2 Å². The number of hydrogen-bond donors (Lipinski definition) is 4. The van der Waals surface area contributed by atoms with Gasteiger partial charge in [0.2, 0.25) is 0 Å². The minimum Gasteiger partial charge on any atom is -0.385 e.